The van der Waals surface area contributed by atoms with Gasteiger partial charge in [0.1, 0.15) is 0 Å². The zero-order valence-electron chi connectivity index (χ0n) is 10.5. The van der Waals surface area contributed by atoms with Gasteiger partial charge in [-0.1, -0.05) is 18.2 Å². The summed E-state index contributed by atoms with van der Waals surface area (Å²) in [5.74, 6) is 0.812. The summed E-state index contributed by atoms with van der Waals surface area (Å²) in [5, 5.41) is 6.34. The largest absolute Gasteiger partial charge is 0.352 e. The number of amides is 1. The van der Waals surface area contributed by atoms with Crippen LogP contribution in [0.2, 0.25) is 0 Å². The van der Waals surface area contributed by atoms with E-state index in [1.165, 1.54) is 12.8 Å². The summed E-state index contributed by atoms with van der Waals surface area (Å²) in [6.07, 6.45) is 3.57. The number of rotatable bonds is 4. The first-order valence-electron chi connectivity index (χ1n) is 6.40. The number of halogens is 1. The highest BCUT2D eigenvalue weighted by Crippen LogP contribution is 2.14. The number of piperidine rings is 1. The molecule has 1 aliphatic rings. The first kappa shape index (κ1) is 15.0. The summed E-state index contributed by atoms with van der Waals surface area (Å²) in [6, 6.07) is 9.40. The van der Waals surface area contributed by atoms with Crippen molar-refractivity contribution in [3.63, 3.8) is 0 Å². The van der Waals surface area contributed by atoms with Gasteiger partial charge in [-0.15, -0.1) is 12.4 Å². The number of nitrogens with one attached hydrogen (secondary N) is 2. The van der Waals surface area contributed by atoms with Crippen LogP contribution in [0.5, 0.6) is 0 Å². The fourth-order valence-corrected chi connectivity index (χ4v) is 2.25. The van der Waals surface area contributed by atoms with Crippen LogP contribution >= 0.6 is 12.4 Å². The number of carbonyl (C=O) groups is 1. The molecular weight excluding hydrogens is 248 g/mol. The van der Waals surface area contributed by atoms with E-state index >= 15 is 0 Å². The Hall–Kier alpha value is -1.06. The molecule has 0 aromatic heterocycles. The normalized spacial score (nSPS) is 15.8. The van der Waals surface area contributed by atoms with Gasteiger partial charge in [0, 0.05) is 12.1 Å². The van der Waals surface area contributed by atoms with Crippen molar-refractivity contribution >= 4 is 18.3 Å². The van der Waals surface area contributed by atoms with E-state index < -0.39 is 0 Å². The molecule has 1 fully saturated rings. The Morgan fingerprint density at radius 3 is 2.56 bits per heavy atom. The Labute approximate surface area is 115 Å². The molecule has 0 saturated carbocycles. The summed E-state index contributed by atoms with van der Waals surface area (Å²) in [6.45, 7) is 3.03. The van der Waals surface area contributed by atoms with Crippen LogP contribution in [0.3, 0.4) is 0 Å². The lowest BCUT2D eigenvalue weighted by Crippen LogP contribution is -2.31. The molecule has 2 rings (SSSR count). The second-order valence-electron chi connectivity index (χ2n) is 4.60. The first-order valence-corrected chi connectivity index (χ1v) is 6.40. The number of hydrogen-bond donors (Lipinski definition) is 2. The van der Waals surface area contributed by atoms with Gasteiger partial charge in [-0.05, 0) is 50.4 Å². The zero-order valence-corrected chi connectivity index (χ0v) is 11.3. The van der Waals surface area contributed by atoms with Gasteiger partial charge in [0.15, 0.2) is 0 Å². The molecule has 1 amide bonds. The molecule has 1 aromatic carbocycles. The Morgan fingerprint density at radius 2 is 1.89 bits per heavy atom. The Balaban J connectivity index is 0.00000162. The molecule has 1 heterocycles. The van der Waals surface area contributed by atoms with Crippen LogP contribution in [-0.2, 0) is 0 Å². The summed E-state index contributed by atoms with van der Waals surface area (Å²) in [7, 11) is 0. The lowest BCUT2D eigenvalue weighted by molar-refractivity contribution is 0.0950. The summed E-state index contributed by atoms with van der Waals surface area (Å²) in [5.41, 5.74) is 0.748. The maximum atomic E-state index is 11.8. The van der Waals surface area contributed by atoms with Crippen molar-refractivity contribution in [2.24, 2.45) is 5.92 Å². The van der Waals surface area contributed by atoms with Crippen LogP contribution in [-0.4, -0.2) is 25.5 Å². The predicted molar refractivity (Wildman–Crippen MR) is 76.2 cm³/mol. The fourth-order valence-electron chi connectivity index (χ4n) is 2.25. The first-order chi connectivity index (χ1) is 8.36. The second kappa shape index (κ2) is 8.11. The highest BCUT2D eigenvalue weighted by Gasteiger charge is 2.13. The van der Waals surface area contributed by atoms with Crippen LogP contribution in [0.15, 0.2) is 30.3 Å². The van der Waals surface area contributed by atoms with E-state index in [0.717, 1.165) is 37.5 Å². The van der Waals surface area contributed by atoms with Crippen LogP contribution in [0, 0.1) is 5.92 Å². The van der Waals surface area contributed by atoms with E-state index in [2.05, 4.69) is 10.6 Å². The van der Waals surface area contributed by atoms with Crippen molar-refractivity contribution in [1.82, 2.24) is 10.6 Å². The van der Waals surface area contributed by atoms with Crippen molar-refractivity contribution < 1.29 is 4.79 Å². The van der Waals surface area contributed by atoms with E-state index in [1.54, 1.807) is 0 Å². The van der Waals surface area contributed by atoms with Gasteiger partial charge in [-0.2, -0.15) is 0 Å². The van der Waals surface area contributed by atoms with Crippen LogP contribution in [0.1, 0.15) is 29.6 Å². The van der Waals surface area contributed by atoms with Crippen molar-refractivity contribution in [1.29, 1.82) is 0 Å². The monoisotopic (exact) mass is 268 g/mol. The molecule has 0 unspecified atom stereocenters. The molecule has 2 N–H and O–H groups in total. The Bertz CT molecular complexity index is 350. The molecule has 1 aromatic rings. The molecule has 1 aliphatic heterocycles. The summed E-state index contributed by atoms with van der Waals surface area (Å²) < 4.78 is 0. The van der Waals surface area contributed by atoms with E-state index in [0.29, 0.717) is 0 Å². The minimum absolute atomic E-state index is 0. The SMILES string of the molecule is Cl.O=C(NCCC1CCNCC1)c1ccccc1. The maximum absolute atomic E-state index is 11.8. The number of benzene rings is 1. The third-order valence-electron chi connectivity index (χ3n) is 3.33. The van der Waals surface area contributed by atoms with Gasteiger partial charge < -0.3 is 10.6 Å². The quantitative estimate of drug-likeness (QED) is 0.879. The predicted octanol–water partition coefficient (Wildman–Crippen LogP) is 2.23. The van der Waals surface area contributed by atoms with Gasteiger partial charge in [0.05, 0.1) is 0 Å². The standard InChI is InChI=1S/C14H20N2O.ClH/c17-14(13-4-2-1-3-5-13)16-11-8-12-6-9-15-10-7-12;/h1-5,12,15H,6-11H2,(H,16,17);1H. The molecule has 4 heteroatoms. The average Bonchev–Trinajstić information content (AvgIpc) is 2.41. The van der Waals surface area contributed by atoms with Crippen LogP contribution in [0.25, 0.3) is 0 Å². The van der Waals surface area contributed by atoms with Gasteiger partial charge in [-0.3, -0.25) is 4.79 Å². The highest BCUT2D eigenvalue weighted by molar-refractivity contribution is 5.94. The fraction of sp³-hybridized carbons (Fsp3) is 0.500. The molecule has 0 bridgehead atoms. The lowest BCUT2D eigenvalue weighted by atomic mass is 9.95. The van der Waals surface area contributed by atoms with Gasteiger partial charge in [0.25, 0.3) is 5.91 Å². The average molecular weight is 269 g/mol. The van der Waals surface area contributed by atoms with E-state index in [9.17, 15) is 4.79 Å². The molecule has 100 valence electrons. The topological polar surface area (TPSA) is 41.1 Å². The molecule has 0 spiro atoms. The highest BCUT2D eigenvalue weighted by atomic mass is 35.5. The second-order valence-corrected chi connectivity index (χ2v) is 4.60. The summed E-state index contributed by atoms with van der Waals surface area (Å²) in [4.78, 5) is 11.8. The van der Waals surface area contributed by atoms with Gasteiger partial charge in [0.2, 0.25) is 0 Å². The minimum Gasteiger partial charge on any atom is -0.352 e. The molecule has 18 heavy (non-hydrogen) atoms. The van der Waals surface area contributed by atoms with E-state index in [-0.39, 0.29) is 18.3 Å². The molecule has 0 aliphatic carbocycles. The van der Waals surface area contributed by atoms with Gasteiger partial charge in [-0.25, -0.2) is 0 Å². The number of carbonyl (C=O) groups excluding carboxylic acids is 1. The van der Waals surface area contributed by atoms with Crippen molar-refractivity contribution in [3.05, 3.63) is 35.9 Å². The molecular formula is C14H21ClN2O. The minimum atomic E-state index is 0. The van der Waals surface area contributed by atoms with Crippen LogP contribution in [0.4, 0.5) is 0 Å². The number of hydrogen-bond acceptors (Lipinski definition) is 2. The van der Waals surface area contributed by atoms with Crippen molar-refractivity contribution in [3.8, 4) is 0 Å². The Kier molecular flexibility index (Phi) is 6.76. The van der Waals surface area contributed by atoms with E-state index in [1.807, 2.05) is 30.3 Å². The maximum Gasteiger partial charge on any atom is 0.251 e. The Morgan fingerprint density at radius 1 is 1.22 bits per heavy atom. The molecule has 3 nitrogen and oxygen atoms in total. The van der Waals surface area contributed by atoms with Crippen molar-refractivity contribution in [2.45, 2.75) is 19.3 Å². The molecule has 1 saturated heterocycles. The third kappa shape index (κ3) is 4.67. The zero-order chi connectivity index (χ0) is 11.9. The lowest BCUT2D eigenvalue weighted by Gasteiger charge is -2.22. The van der Waals surface area contributed by atoms with Crippen molar-refractivity contribution in [2.75, 3.05) is 19.6 Å². The van der Waals surface area contributed by atoms with Crippen LogP contribution < -0.4 is 10.6 Å². The molecule has 0 radical (unpaired) electrons. The van der Waals surface area contributed by atoms with Gasteiger partial charge >= 0.3 is 0 Å². The third-order valence-corrected chi connectivity index (χ3v) is 3.33. The van der Waals surface area contributed by atoms with E-state index in [4.69, 9.17) is 0 Å². The molecule has 0 atom stereocenters. The summed E-state index contributed by atoms with van der Waals surface area (Å²) >= 11 is 0. The smallest absolute Gasteiger partial charge is 0.251 e.